The molecule has 0 unspecified atom stereocenters. The maximum Gasteiger partial charge on any atom is 0.416 e. The minimum Gasteiger partial charge on any atom is -0.378 e. The molecule has 0 fully saturated rings. The van der Waals surface area contributed by atoms with Crippen LogP contribution in [0.25, 0.3) is 16.9 Å². The number of fused-ring (bicyclic) bond motifs is 1. The first-order valence-corrected chi connectivity index (χ1v) is 9.49. The van der Waals surface area contributed by atoms with E-state index in [0.717, 1.165) is 12.1 Å². The van der Waals surface area contributed by atoms with Gasteiger partial charge in [-0.15, -0.1) is 0 Å². The molecule has 0 aliphatic heterocycles. The summed E-state index contributed by atoms with van der Waals surface area (Å²) in [6.45, 7) is 0.698. The zero-order valence-electron chi connectivity index (χ0n) is 16.7. The van der Waals surface area contributed by atoms with Gasteiger partial charge in [-0.1, -0.05) is 12.1 Å². The van der Waals surface area contributed by atoms with Crippen LogP contribution in [-0.2, 0) is 6.18 Å². The third-order valence-electron chi connectivity index (χ3n) is 4.59. The number of pyridine rings is 1. The van der Waals surface area contributed by atoms with Gasteiger partial charge in [-0.25, -0.2) is 15.0 Å². The van der Waals surface area contributed by atoms with E-state index in [1.54, 1.807) is 6.07 Å². The monoisotopic (exact) mass is 459 g/mol. The van der Waals surface area contributed by atoms with Crippen LogP contribution in [0.15, 0.2) is 48.8 Å². The van der Waals surface area contributed by atoms with E-state index in [9.17, 15) is 23.3 Å². The molecule has 0 amide bonds. The van der Waals surface area contributed by atoms with Gasteiger partial charge in [0.1, 0.15) is 12.1 Å². The van der Waals surface area contributed by atoms with E-state index in [2.05, 4.69) is 30.7 Å². The van der Waals surface area contributed by atoms with Gasteiger partial charge in [0.05, 0.1) is 16.2 Å². The number of aromatic nitrogens is 5. The maximum absolute atomic E-state index is 12.8. The van der Waals surface area contributed by atoms with Crippen LogP contribution < -0.4 is 16.4 Å². The first-order chi connectivity index (χ1) is 15.7. The molecular formula is C19H16F3N9O2. The lowest BCUT2D eigenvalue weighted by molar-refractivity contribution is -0.384. The minimum atomic E-state index is -4.42. The number of anilines is 3. The van der Waals surface area contributed by atoms with Gasteiger partial charge in [0.25, 0.3) is 0 Å². The molecular weight excluding hydrogens is 443 g/mol. The largest absolute Gasteiger partial charge is 0.416 e. The zero-order valence-corrected chi connectivity index (χ0v) is 16.7. The molecule has 0 saturated heterocycles. The number of rotatable bonds is 7. The van der Waals surface area contributed by atoms with Crippen molar-refractivity contribution in [1.82, 2.24) is 24.6 Å². The summed E-state index contributed by atoms with van der Waals surface area (Å²) < 4.78 is 39.9. The Morgan fingerprint density at radius 3 is 2.45 bits per heavy atom. The molecule has 1 aromatic carbocycles. The van der Waals surface area contributed by atoms with Crippen LogP contribution in [0.3, 0.4) is 0 Å². The molecule has 0 aliphatic rings. The molecule has 0 bridgehead atoms. The van der Waals surface area contributed by atoms with Gasteiger partial charge < -0.3 is 16.4 Å². The van der Waals surface area contributed by atoms with Gasteiger partial charge in [0.15, 0.2) is 5.65 Å². The van der Waals surface area contributed by atoms with E-state index in [0.29, 0.717) is 41.8 Å². The molecule has 0 atom stereocenters. The van der Waals surface area contributed by atoms with Crippen molar-refractivity contribution in [1.29, 1.82) is 0 Å². The first kappa shape index (κ1) is 21.7. The standard InChI is InChI=1S/C19H16F3N9O2/c20-19(21,22)12-3-1-11(2-4-12)13-9-16-26-10-27-30(16)18(28-13)25-8-7-24-15-6-5-14(31(32)33)17(23)29-15/h1-6,9-10H,7-8H2,(H,25,28)(H3,23,24,29). The summed E-state index contributed by atoms with van der Waals surface area (Å²) in [6.07, 6.45) is -3.09. The predicted octanol–water partition coefficient (Wildman–Crippen LogP) is 3.22. The Balaban J connectivity index is 1.47. The number of benzene rings is 1. The molecule has 33 heavy (non-hydrogen) atoms. The molecule has 11 nitrogen and oxygen atoms in total. The second-order valence-electron chi connectivity index (χ2n) is 6.78. The van der Waals surface area contributed by atoms with Gasteiger partial charge in [-0.05, 0) is 18.2 Å². The Hall–Kier alpha value is -4.49. The third-order valence-corrected chi connectivity index (χ3v) is 4.59. The fraction of sp³-hybridized carbons (Fsp3) is 0.158. The van der Waals surface area contributed by atoms with Crippen LogP contribution in [0.1, 0.15) is 5.56 Å². The second kappa shape index (κ2) is 8.57. The number of nitrogens with zero attached hydrogens (tertiary/aromatic N) is 6. The Kier molecular flexibility index (Phi) is 5.64. The van der Waals surface area contributed by atoms with E-state index in [1.165, 1.54) is 35.1 Å². The lowest BCUT2D eigenvalue weighted by Crippen LogP contribution is -2.17. The highest BCUT2D eigenvalue weighted by atomic mass is 19.4. The summed E-state index contributed by atoms with van der Waals surface area (Å²) in [6, 6.07) is 8.97. The molecule has 170 valence electrons. The lowest BCUT2D eigenvalue weighted by atomic mass is 10.1. The summed E-state index contributed by atoms with van der Waals surface area (Å²) in [5.74, 6) is 0.489. The van der Waals surface area contributed by atoms with E-state index in [4.69, 9.17) is 5.73 Å². The summed E-state index contributed by atoms with van der Waals surface area (Å²) in [5.41, 5.74) is 5.91. The predicted molar refractivity (Wildman–Crippen MR) is 114 cm³/mol. The highest BCUT2D eigenvalue weighted by molar-refractivity contribution is 5.66. The van der Waals surface area contributed by atoms with Gasteiger partial charge in [-0.3, -0.25) is 10.1 Å². The summed E-state index contributed by atoms with van der Waals surface area (Å²) in [5, 5.41) is 21.0. The number of nitrogen functional groups attached to an aromatic ring is 1. The van der Waals surface area contributed by atoms with Crippen molar-refractivity contribution in [3.8, 4) is 11.3 Å². The number of hydrogen-bond acceptors (Lipinski definition) is 9. The van der Waals surface area contributed by atoms with E-state index < -0.39 is 16.7 Å². The Bertz CT molecular complexity index is 1310. The average Bonchev–Trinajstić information content (AvgIpc) is 3.25. The summed E-state index contributed by atoms with van der Waals surface area (Å²) in [4.78, 5) is 22.7. The SMILES string of the molecule is Nc1nc(NCCNc2nc(-c3ccc(C(F)(F)F)cc3)cc3ncnn23)ccc1[N+](=O)[O-]. The van der Waals surface area contributed by atoms with E-state index in [-0.39, 0.29) is 11.5 Å². The lowest BCUT2D eigenvalue weighted by Gasteiger charge is -2.11. The van der Waals surface area contributed by atoms with Crippen LogP contribution >= 0.6 is 0 Å². The number of hydrogen-bond donors (Lipinski definition) is 3. The Labute approximate surface area is 183 Å². The van der Waals surface area contributed by atoms with Crippen molar-refractivity contribution in [3.05, 3.63) is 64.5 Å². The molecule has 4 rings (SSSR count). The van der Waals surface area contributed by atoms with Crippen molar-refractivity contribution in [2.24, 2.45) is 0 Å². The highest BCUT2D eigenvalue weighted by Crippen LogP contribution is 2.31. The van der Waals surface area contributed by atoms with Crippen LogP contribution in [-0.4, -0.2) is 42.6 Å². The number of halogens is 3. The van der Waals surface area contributed by atoms with Crippen molar-refractivity contribution in [2.75, 3.05) is 29.5 Å². The van der Waals surface area contributed by atoms with Crippen LogP contribution in [0.5, 0.6) is 0 Å². The maximum atomic E-state index is 12.8. The quantitative estimate of drug-likeness (QED) is 0.215. The van der Waals surface area contributed by atoms with E-state index in [1.807, 2.05) is 0 Å². The molecule has 0 aliphatic carbocycles. The zero-order chi connectivity index (χ0) is 23.6. The van der Waals surface area contributed by atoms with Crippen LogP contribution in [0, 0.1) is 10.1 Å². The molecule has 0 saturated carbocycles. The highest BCUT2D eigenvalue weighted by Gasteiger charge is 2.30. The number of nitro groups is 1. The Morgan fingerprint density at radius 2 is 1.79 bits per heavy atom. The Morgan fingerprint density at radius 1 is 1.06 bits per heavy atom. The number of nitrogens with one attached hydrogen (secondary N) is 2. The molecule has 4 N–H and O–H groups in total. The topological polar surface area (TPSA) is 149 Å². The summed E-state index contributed by atoms with van der Waals surface area (Å²) in [7, 11) is 0. The fourth-order valence-electron chi connectivity index (χ4n) is 3.01. The molecule has 3 heterocycles. The smallest absolute Gasteiger partial charge is 0.378 e. The van der Waals surface area contributed by atoms with Crippen molar-refractivity contribution < 1.29 is 18.1 Å². The van der Waals surface area contributed by atoms with Gasteiger partial charge in [0.2, 0.25) is 11.8 Å². The van der Waals surface area contributed by atoms with Crippen LogP contribution in [0.4, 0.5) is 36.4 Å². The molecule has 4 aromatic rings. The third kappa shape index (κ3) is 4.73. The minimum absolute atomic E-state index is 0.201. The van der Waals surface area contributed by atoms with Crippen LogP contribution in [0.2, 0.25) is 0 Å². The molecule has 0 spiro atoms. The van der Waals surface area contributed by atoms with Crippen molar-refractivity contribution >= 4 is 28.9 Å². The molecule has 3 aromatic heterocycles. The number of alkyl halides is 3. The summed E-state index contributed by atoms with van der Waals surface area (Å²) >= 11 is 0. The normalized spacial score (nSPS) is 11.5. The molecule has 0 radical (unpaired) electrons. The van der Waals surface area contributed by atoms with Crippen molar-refractivity contribution in [2.45, 2.75) is 6.18 Å². The van der Waals surface area contributed by atoms with Gasteiger partial charge >= 0.3 is 11.9 Å². The van der Waals surface area contributed by atoms with Gasteiger partial charge in [-0.2, -0.15) is 22.8 Å². The first-order valence-electron chi connectivity index (χ1n) is 9.49. The van der Waals surface area contributed by atoms with Crippen molar-refractivity contribution in [3.63, 3.8) is 0 Å². The number of nitrogens with two attached hydrogens (primary N) is 1. The van der Waals surface area contributed by atoms with E-state index >= 15 is 0 Å². The molecule has 14 heteroatoms. The van der Waals surface area contributed by atoms with Gasteiger partial charge in [0, 0.05) is 30.8 Å². The second-order valence-corrected chi connectivity index (χ2v) is 6.78. The average molecular weight is 459 g/mol. The fourth-order valence-corrected chi connectivity index (χ4v) is 3.01.